The van der Waals surface area contributed by atoms with E-state index in [1.54, 1.807) is 18.5 Å². The van der Waals surface area contributed by atoms with Gasteiger partial charge in [-0.05, 0) is 56.4 Å². The summed E-state index contributed by atoms with van der Waals surface area (Å²) in [4.78, 5) is 20.8. The predicted octanol–water partition coefficient (Wildman–Crippen LogP) is 2.82. The number of rotatable bonds is 8. The van der Waals surface area contributed by atoms with E-state index in [-0.39, 0.29) is 12.0 Å². The van der Waals surface area contributed by atoms with Gasteiger partial charge in [0.15, 0.2) is 0 Å². The molecule has 2 N–H and O–H groups in total. The number of hydrogen-bond acceptors (Lipinski definition) is 5. The molecule has 0 saturated carbocycles. The molecule has 6 heteroatoms. The number of carbonyl (C=O) groups is 1. The molecule has 1 fully saturated rings. The predicted molar refractivity (Wildman–Crippen MR) is 101 cm³/mol. The summed E-state index contributed by atoms with van der Waals surface area (Å²) < 4.78 is 5.69. The van der Waals surface area contributed by atoms with E-state index >= 15 is 0 Å². The highest BCUT2D eigenvalue weighted by Crippen LogP contribution is 2.13. The zero-order valence-electron chi connectivity index (χ0n) is 15.0. The molecule has 1 atom stereocenters. The molecule has 1 saturated heterocycles. The summed E-state index contributed by atoms with van der Waals surface area (Å²) in [5.41, 5.74) is 1.61. The van der Waals surface area contributed by atoms with E-state index in [4.69, 9.17) is 4.74 Å². The van der Waals surface area contributed by atoms with E-state index < -0.39 is 0 Å². The van der Waals surface area contributed by atoms with Crippen LogP contribution in [0.2, 0.25) is 0 Å². The summed E-state index contributed by atoms with van der Waals surface area (Å²) >= 11 is 0. The van der Waals surface area contributed by atoms with Crippen molar-refractivity contribution in [2.24, 2.45) is 0 Å². The van der Waals surface area contributed by atoms with Gasteiger partial charge < -0.3 is 15.4 Å². The van der Waals surface area contributed by atoms with Crippen molar-refractivity contribution in [3.05, 3.63) is 54.0 Å². The Morgan fingerprint density at radius 3 is 2.88 bits per heavy atom. The topological polar surface area (TPSA) is 76.1 Å². The Bertz CT molecular complexity index is 670. The van der Waals surface area contributed by atoms with Crippen LogP contribution in [0.1, 0.15) is 41.7 Å². The summed E-state index contributed by atoms with van der Waals surface area (Å²) in [6.45, 7) is 2.22. The highest BCUT2D eigenvalue weighted by Gasteiger charge is 2.13. The number of aryl methyl sites for hydroxylation is 1. The van der Waals surface area contributed by atoms with Crippen molar-refractivity contribution in [2.45, 2.75) is 38.2 Å². The molecular formula is C20H26N4O2. The number of hydrogen-bond donors (Lipinski definition) is 2. The average molecular weight is 354 g/mol. The van der Waals surface area contributed by atoms with Gasteiger partial charge in [0, 0.05) is 37.8 Å². The van der Waals surface area contributed by atoms with Crippen molar-refractivity contribution < 1.29 is 9.53 Å². The molecule has 1 amide bonds. The van der Waals surface area contributed by atoms with Crippen molar-refractivity contribution in [2.75, 3.05) is 25.0 Å². The van der Waals surface area contributed by atoms with Gasteiger partial charge in [-0.25, -0.2) is 4.98 Å². The van der Waals surface area contributed by atoms with Crippen molar-refractivity contribution in [1.82, 2.24) is 15.3 Å². The summed E-state index contributed by atoms with van der Waals surface area (Å²) in [6, 6.07) is 9.51. The third-order valence-electron chi connectivity index (χ3n) is 4.43. The molecule has 6 nitrogen and oxygen atoms in total. The number of nitrogens with zero attached hydrogens (tertiary/aromatic N) is 2. The van der Waals surface area contributed by atoms with Gasteiger partial charge in [0.05, 0.1) is 11.7 Å². The Labute approximate surface area is 154 Å². The lowest BCUT2D eigenvalue weighted by Crippen LogP contribution is -2.27. The first-order valence-corrected chi connectivity index (χ1v) is 9.31. The van der Waals surface area contributed by atoms with Crippen LogP contribution in [-0.4, -0.2) is 41.7 Å². The smallest absolute Gasteiger partial charge is 0.252 e. The molecule has 26 heavy (non-hydrogen) atoms. The number of aromatic nitrogens is 2. The van der Waals surface area contributed by atoms with Gasteiger partial charge in [0.1, 0.15) is 5.82 Å². The van der Waals surface area contributed by atoms with Crippen molar-refractivity contribution in [3.8, 4) is 0 Å². The SMILES string of the molecule is O=C(NCCCc1ccccn1)c1ccc(NC[C@@H]2CCCCO2)nc1. The fourth-order valence-electron chi connectivity index (χ4n) is 2.94. The van der Waals surface area contributed by atoms with Crippen LogP contribution in [0.4, 0.5) is 5.82 Å². The normalized spacial score (nSPS) is 16.8. The summed E-state index contributed by atoms with van der Waals surface area (Å²) in [6.07, 6.45) is 8.83. The molecule has 0 spiro atoms. The lowest BCUT2D eigenvalue weighted by atomic mass is 10.1. The third kappa shape index (κ3) is 5.81. The van der Waals surface area contributed by atoms with Crippen LogP contribution in [0.3, 0.4) is 0 Å². The van der Waals surface area contributed by atoms with Gasteiger partial charge in [0.2, 0.25) is 0 Å². The minimum Gasteiger partial charge on any atom is -0.376 e. The minimum absolute atomic E-state index is 0.0966. The van der Waals surface area contributed by atoms with Crippen LogP contribution in [-0.2, 0) is 11.2 Å². The molecule has 138 valence electrons. The molecule has 2 aromatic heterocycles. The summed E-state index contributed by atoms with van der Waals surface area (Å²) in [5, 5.41) is 6.20. The molecule has 0 unspecified atom stereocenters. The van der Waals surface area contributed by atoms with Gasteiger partial charge in [-0.15, -0.1) is 0 Å². The van der Waals surface area contributed by atoms with Crippen molar-refractivity contribution >= 4 is 11.7 Å². The average Bonchev–Trinajstić information content (AvgIpc) is 2.71. The Hall–Kier alpha value is -2.47. The first-order chi connectivity index (χ1) is 12.8. The molecule has 0 aliphatic carbocycles. The zero-order valence-corrected chi connectivity index (χ0v) is 15.0. The number of amides is 1. The quantitative estimate of drug-likeness (QED) is 0.713. The van der Waals surface area contributed by atoms with E-state index in [0.29, 0.717) is 12.1 Å². The number of ether oxygens (including phenoxy) is 1. The van der Waals surface area contributed by atoms with Crippen LogP contribution in [0, 0.1) is 0 Å². The van der Waals surface area contributed by atoms with E-state index in [9.17, 15) is 4.79 Å². The lowest BCUT2D eigenvalue weighted by molar-refractivity contribution is 0.0247. The fraction of sp³-hybridized carbons (Fsp3) is 0.450. The van der Waals surface area contributed by atoms with Crippen LogP contribution in [0.25, 0.3) is 0 Å². The van der Waals surface area contributed by atoms with Crippen LogP contribution in [0.15, 0.2) is 42.7 Å². The van der Waals surface area contributed by atoms with E-state index in [2.05, 4.69) is 20.6 Å². The van der Waals surface area contributed by atoms with Gasteiger partial charge >= 0.3 is 0 Å². The molecule has 0 aromatic carbocycles. The Kier molecular flexibility index (Phi) is 6.96. The fourth-order valence-corrected chi connectivity index (χ4v) is 2.94. The maximum absolute atomic E-state index is 12.2. The second-order valence-corrected chi connectivity index (χ2v) is 6.48. The van der Waals surface area contributed by atoms with Crippen LogP contribution >= 0.6 is 0 Å². The molecule has 3 rings (SSSR count). The van der Waals surface area contributed by atoms with Crippen molar-refractivity contribution in [1.29, 1.82) is 0 Å². The summed E-state index contributed by atoms with van der Waals surface area (Å²) in [5.74, 6) is 0.673. The van der Waals surface area contributed by atoms with E-state index in [1.165, 1.54) is 6.42 Å². The Balaban J connectivity index is 1.37. The molecule has 2 aromatic rings. The molecule has 3 heterocycles. The summed E-state index contributed by atoms with van der Waals surface area (Å²) in [7, 11) is 0. The molecule has 0 radical (unpaired) electrons. The molecular weight excluding hydrogens is 328 g/mol. The van der Waals surface area contributed by atoms with Gasteiger partial charge in [-0.2, -0.15) is 0 Å². The largest absolute Gasteiger partial charge is 0.376 e. The first kappa shape index (κ1) is 18.3. The van der Waals surface area contributed by atoms with E-state index in [1.807, 2.05) is 24.3 Å². The highest BCUT2D eigenvalue weighted by molar-refractivity contribution is 5.94. The maximum Gasteiger partial charge on any atom is 0.252 e. The number of nitrogens with one attached hydrogen (secondary N) is 2. The standard InChI is InChI=1S/C20H26N4O2/c25-20(22-12-5-7-17-6-1-3-11-21-17)16-9-10-19(23-14-16)24-15-18-8-2-4-13-26-18/h1,3,6,9-11,14,18H,2,4-5,7-8,12-13,15H2,(H,22,25)(H,23,24)/t18-/m0/s1. The van der Waals surface area contributed by atoms with E-state index in [0.717, 1.165) is 50.3 Å². The lowest BCUT2D eigenvalue weighted by Gasteiger charge is -2.22. The second kappa shape index (κ2) is 9.87. The maximum atomic E-state index is 12.2. The van der Waals surface area contributed by atoms with Gasteiger partial charge in [-0.1, -0.05) is 6.07 Å². The molecule has 1 aliphatic rings. The number of pyridine rings is 2. The first-order valence-electron chi connectivity index (χ1n) is 9.31. The third-order valence-corrected chi connectivity index (χ3v) is 4.43. The van der Waals surface area contributed by atoms with Crippen molar-refractivity contribution in [3.63, 3.8) is 0 Å². The monoisotopic (exact) mass is 354 g/mol. The molecule has 1 aliphatic heterocycles. The second-order valence-electron chi connectivity index (χ2n) is 6.48. The van der Waals surface area contributed by atoms with Crippen LogP contribution < -0.4 is 10.6 Å². The zero-order chi connectivity index (χ0) is 18.0. The Morgan fingerprint density at radius 1 is 1.19 bits per heavy atom. The van der Waals surface area contributed by atoms with Gasteiger partial charge in [-0.3, -0.25) is 9.78 Å². The Morgan fingerprint density at radius 2 is 2.15 bits per heavy atom. The molecule has 0 bridgehead atoms. The highest BCUT2D eigenvalue weighted by atomic mass is 16.5. The minimum atomic E-state index is -0.0966. The number of anilines is 1. The van der Waals surface area contributed by atoms with Crippen LogP contribution in [0.5, 0.6) is 0 Å². The number of carbonyl (C=O) groups excluding carboxylic acids is 1. The van der Waals surface area contributed by atoms with Gasteiger partial charge in [0.25, 0.3) is 5.91 Å².